The Hall–Kier alpha value is -4.36. The molecule has 0 bridgehead atoms. The van der Waals surface area contributed by atoms with Gasteiger partial charge in [-0.2, -0.15) is 0 Å². The van der Waals surface area contributed by atoms with Crippen LogP contribution < -0.4 is 10.1 Å². The number of carbonyl (C=O) groups is 5. The normalized spacial score (nSPS) is 16.8. The minimum Gasteiger partial charge on any atom is -0.465 e. The quantitative estimate of drug-likeness (QED) is 0.165. The summed E-state index contributed by atoms with van der Waals surface area (Å²) in [4.78, 5) is 68.0. The first kappa shape index (κ1) is 34.8. The van der Waals surface area contributed by atoms with Crippen molar-refractivity contribution in [2.45, 2.75) is 53.8 Å². The molecule has 0 atom stereocenters. The van der Waals surface area contributed by atoms with Crippen LogP contribution in [0.1, 0.15) is 47.5 Å². The number of esters is 4. The predicted octanol–water partition coefficient (Wildman–Crippen LogP) is 4.42. The molecule has 0 aromatic heterocycles. The Balaban J connectivity index is 2.72. The number of rotatable bonds is 11. The van der Waals surface area contributed by atoms with Crippen molar-refractivity contribution in [2.75, 3.05) is 31.7 Å². The predicted molar refractivity (Wildman–Crippen MR) is 144 cm³/mol. The number of carbonyl (C=O) groups excluding carboxylic acids is 5. The van der Waals surface area contributed by atoms with Crippen LogP contribution in [0.5, 0.6) is 5.75 Å². The van der Waals surface area contributed by atoms with E-state index in [0.29, 0.717) is 0 Å². The zero-order valence-corrected chi connectivity index (χ0v) is 24.5. The summed E-state index contributed by atoms with van der Waals surface area (Å²) in [5.74, 6) is -6.30. The van der Waals surface area contributed by atoms with Crippen molar-refractivity contribution in [2.24, 2.45) is 10.8 Å². The Bertz CT molecular complexity index is 1250. The van der Waals surface area contributed by atoms with Gasteiger partial charge >= 0.3 is 30.2 Å². The van der Waals surface area contributed by atoms with Crippen molar-refractivity contribution in [1.82, 2.24) is 0 Å². The molecular weight excluding hydrogens is 579 g/mol. The van der Waals surface area contributed by atoms with Gasteiger partial charge in [-0.25, -0.2) is 0 Å². The van der Waals surface area contributed by atoms with Gasteiger partial charge in [-0.1, -0.05) is 6.58 Å². The zero-order valence-electron chi connectivity index (χ0n) is 24.5. The third-order valence-corrected chi connectivity index (χ3v) is 6.71. The molecule has 11 nitrogen and oxygen atoms in total. The van der Waals surface area contributed by atoms with Crippen molar-refractivity contribution < 1.29 is 60.8 Å². The molecule has 0 aliphatic heterocycles. The lowest BCUT2D eigenvalue weighted by Crippen LogP contribution is -2.64. The molecule has 1 aromatic carbocycles. The molecule has 0 spiro atoms. The summed E-state index contributed by atoms with van der Waals surface area (Å²) in [5, 5.41) is 2.50. The van der Waals surface area contributed by atoms with Gasteiger partial charge in [0.25, 0.3) is 5.91 Å². The molecule has 2 rings (SSSR count). The average Bonchev–Trinajstić information content (AvgIpc) is 2.93. The molecule has 1 aliphatic carbocycles. The van der Waals surface area contributed by atoms with E-state index >= 15 is 0 Å². The molecule has 1 aromatic rings. The maximum absolute atomic E-state index is 13.8. The third kappa shape index (κ3) is 7.17. The molecule has 43 heavy (non-hydrogen) atoms. The molecule has 1 aliphatic rings. The molecule has 1 amide bonds. The maximum atomic E-state index is 13.8. The van der Waals surface area contributed by atoms with Gasteiger partial charge in [0.1, 0.15) is 5.75 Å². The summed E-state index contributed by atoms with van der Waals surface area (Å²) >= 11 is 0. The Morgan fingerprint density at radius 2 is 1.16 bits per heavy atom. The SMILES string of the molecule is C=C1CC(C(=O)OCC)(C(=O)OCC)C(C(=O)OCC)(C(=O)OCC)C/C1=C(/C)C(=O)Nc1ccc(OC(F)(F)F)cc1. The van der Waals surface area contributed by atoms with E-state index in [1.165, 1.54) is 46.8 Å². The van der Waals surface area contributed by atoms with Gasteiger partial charge in [-0.3, -0.25) is 24.0 Å². The minimum absolute atomic E-state index is 0.0415. The fraction of sp³-hybridized carbons (Fsp3) is 0.483. The number of ether oxygens (including phenoxy) is 5. The van der Waals surface area contributed by atoms with Crippen LogP contribution in [0.25, 0.3) is 0 Å². The van der Waals surface area contributed by atoms with Crippen molar-refractivity contribution in [3.8, 4) is 5.75 Å². The van der Waals surface area contributed by atoms with E-state index in [2.05, 4.69) is 16.6 Å². The number of allylic oxidation sites excluding steroid dienone is 2. The highest BCUT2D eigenvalue weighted by Gasteiger charge is 2.75. The maximum Gasteiger partial charge on any atom is 0.573 e. The molecule has 1 fully saturated rings. The highest BCUT2D eigenvalue weighted by molar-refractivity contribution is 6.16. The van der Waals surface area contributed by atoms with Crippen LogP contribution in [-0.4, -0.2) is 62.6 Å². The van der Waals surface area contributed by atoms with E-state index < -0.39 is 65.6 Å². The van der Waals surface area contributed by atoms with Gasteiger partial charge in [0.05, 0.1) is 26.4 Å². The monoisotopic (exact) mass is 613 g/mol. The lowest BCUT2D eigenvalue weighted by atomic mass is 9.52. The highest BCUT2D eigenvalue weighted by atomic mass is 19.4. The van der Waals surface area contributed by atoms with Crippen molar-refractivity contribution in [3.05, 3.63) is 47.6 Å². The van der Waals surface area contributed by atoms with Gasteiger partial charge in [-0.05, 0) is 70.0 Å². The third-order valence-electron chi connectivity index (χ3n) is 6.71. The summed E-state index contributed by atoms with van der Waals surface area (Å²) in [6.45, 7) is 10.2. The first-order valence-corrected chi connectivity index (χ1v) is 13.4. The van der Waals surface area contributed by atoms with E-state index in [-0.39, 0.29) is 48.8 Å². The topological polar surface area (TPSA) is 144 Å². The molecular formula is C29H34F3NO10. The molecule has 0 heterocycles. The van der Waals surface area contributed by atoms with Crippen LogP contribution in [-0.2, 0) is 42.9 Å². The van der Waals surface area contributed by atoms with E-state index in [9.17, 15) is 37.1 Å². The number of anilines is 1. The van der Waals surface area contributed by atoms with Crippen molar-refractivity contribution >= 4 is 35.5 Å². The second kappa shape index (κ2) is 14.2. The number of halogens is 3. The van der Waals surface area contributed by atoms with Gasteiger partial charge in [0.15, 0.2) is 10.8 Å². The number of nitrogens with one attached hydrogen (secondary N) is 1. The van der Waals surface area contributed by atoms with Gasteiger partial charge in [0, 0.05) is 24.1 Å². The first-order valence-electron chi connectivity index (χ1n) is 13.4. The molecule has 0 unspecified atom stereocenters. The minimum atomic E-state index is -4.90. The average molecular weight is 614 g/mol. The van der Waals surface area contributed by atoms with Crippen LogP contribution in [0.2, 0.25) is 0 Å². The lowest BCUT2D eigenvalue weighted by molar-refractivity contribution is -0.274. The van der Waals surface area contributed by atoms with Crippen molar-refractivity contribution in [1.29, 1.82) is 0 Å². The fourth-order valence-corrected chi connectivity index (χ4v) is 4.79. The lowest BCUT2D eigenvalue weighted by Gasteiger charge is -2.47. The van der Waals surface area contributed by atoms with Crippen molar-refractivity contribution in [3.63, 3.8) is 0 Å². The summed E-state index contributed by atoms with van der Waals surface area (Å²) in [5.41, 5.74) is -5.17. The number of alkyl halides is 3. The molecule has 0 radical (unpaired) electrons. The highest BCUT2D eigenvalue weighted by Crippen LogP contribution is 2.57. The van der Waals surface area contributed by atoms with Gasteiger partial charge in [-0.15, -0.1) is 13.2 Å². The summed E-state index contributed by atoms with van der Waals surface area (Å²) in [6.07, 6.45) is -6.29. The fourth-order valence-electron chi connectivity index (χ4n) is 4.79. The second-order valence-corrected chi connectivity index (χ2v) is 9.28. The number of amides is 1. The number of hydrogen-bond acceptors (Lipinski definition) is 10. The Labute approximate surface area is 246 Å². The van der Waals surface area contributed by atoms with Crippen LogP contribution in [0.15, 0.2) is 47.6 Å². The Kier molecular flexibility index (Phi) is 11.5. The molecule has 14 heteroatoms. The standard InChI is InChI=1S/C29H34F3NO10/c1-7-39-23(35)27(24(36)40-8-2)15-17(5)21(16-28(27,25(37)41-9-3)26(38)42-10-4)18(6)22(34)33-19-11-13-20(14-12-19)43-29(30,31)32/h11-14H,5,7-10,15-16H2,1-4,6H3,(H,33,34)/b21-18+. The van der Waals surface area contributed by atoms with Crippen LogP contribution in [0.3, 0.4) is 0 Å². The summed E-state index contributed by atoms with van der Waals surface area (Å²) < 4.78 is 62.1. The van der Waals surface area contributed by atoms with Crippen LogP contribution in [0, 0.1) is 10.8 Å². The van der Waals surface area contributed by atoms with Crippen LogP contribution in [0.4, 0.5) is 18.9 Å². The Morgan fingerprint density at radius 1 is 0.767 bits per heavy atom. The number of hydrogen-bond donors (Lipinski definition) is 1. The largest absolute Gasteiger partial charge is 0.573 e. The van der Waals surface area contributed by atoms with E-state index in [4.69, 9.17) is 18.9 Å². The second-order valence-electron chi connectivity index (χ2n) is 9.28. The molecule has 1 saturated carbocycles. The van der Waals surface area contributed by atoms with E-state index in [0.717, 1.165) is 12.1 Å². The molecule has 236 valence electrons. The summed E-state index contributed by atoms with van der Waals surface area (Å²) in [6, 6.07) is 4.32. The van der Waals surface area contributed by atoms with Gasteiger partial charge in [0.2, 0.25) is 0 Å². The molecule has 1 N–H and O–H groups in total. The Morgan fingerprint density at radius 3 is 1.53 bits per heavy atom. The first-order chi connectivity index (χ1) is 20.1. The van der Waals surface area contributed by atoms with E-state index in [1.54, 1.807) is 0 Å². The summed E-state index contributed by atoms with van der Waals surface area (Å²) in [7, 11) is 0. The molecule has 0 saturated heterocycles. The smallest absolute Gasteiger partial charge is 0.465 e. The number of benzene rings is 1. The van der Waals surface area contributed by atoms with Crippen LogP contribution >= 0.6 is 0 Å². The van der Waals surface area contributed by atoms with E-state index in [1.807, 2.05) is 0 Å². The zero-order chi connectivity index (χ0) is 32.6. The van der Waals surface area contributed by atoms with Gasteiger partial charge < -0.3 is 29.0 Å².